The molecular formula is C8H18NO3+. The third-order valence-corrected chi connectivity index (χ3v) is 1.54. The van der Waals surface area contributed by atoms with Gasteiger partial charge >= 0.3 is 5.97 Å². The molecule has 1 atom stereocenters. The molecule has 12 heavy (non-hydrogen) atoms. The molecule has 4 heteroatoms. The molecular weight excluding hydrogens is 161 g/mol. The van der Waals surface area contributed by atoms with Crippen LogP contribution in [0, 0.1) is 0 Å². The summed E-state index contributed by atoms with van der Waals surface area (Å²) in [6.07, 6.45) is -0.324. The summed E-state index contributed by atoms with van der Waals surface area (Å²) in [6.45, 7) is 0.786. The number of hydrogen-bond donors (Lipinski definition) is 2. The van der Waals surface area contributed by atoms with E-state index in [1.54, 1.807) is 0 Å². The standard InChI is InChI=1S/C8H17NO3/c1-9(2,3)5-4-7(10)6-8(11)12/h7,10H,4-6H2,1-3H3/p+1/i1+1,2+1,3+1. The normalized spacial score (nSPS) is 14.3. The van der Waals surface area contributed by atoms with E-state index in [0.717, 1.165) is 11.0 Å². The largest absolute Gasteiger partial charge is 0.481 e. The van der Waals surface area contributed by atoms with Gasteiger partial charge < -0.3 is 14.7 Å². The molecule has 4 nitrogen and oxygen atoms in total. The van der Waals surface area contributed by atoms with Crippen molar-refractivity contribution in [1.29, 1.82) is 0 Å². The van der Waals surface area contributed by atoms with Crippen molar-refractivity contribution in [3.63, 3.8) is 0 Å². The molecule has 0 rings (SSSR count). The highest BCUT2D eigenvalue weighted by molar-refractivity contribution is 5.67. The molecule has 0 aromatic rings. The number of aliphatic hydroxyl groups is 1. The van der Waals surface area contributed by atoms with Gasteiger partial charge in [-0.05, 0) is 0 Å². The monoisotopic (exact) mass is 179 g/mol. The summed E-state index contributed by atoms with van der Waals surface area (Å²) >= 11 is 0. The van der Waals surface area contributed by atoms with E-state index in [1.807, 2.05) is 21.1 Å². The van der Waals surface area contributed by atoms with Crippen LogP contribution in [0.4, 0.5) is 0 Å². The maximum Gasteiger partial charge on any atom is 0.305 e. The van der Waals surface area contributed by atoms with E-state index in [0.29, 0.717) is 6.42 Å². The number of rotatable bonds is 5. The number of aliphatic carboxylic acids is 1. The second kappa shape index (κ2) is 4.42. The Morgan fingerprint density at radius 2 is 1.92 bits per heavy atom. The van der Waals surface area contributed by atoms with Crippen LogP contribution in [-0.4, -0.2) is 54.5 Å². The van der Waals surface area contributed by atoms with E-state index in [1.165, 1.54) is 0 Å². The van der Waals surface area contributed by atoms with Gasteiger partial charge in [0.15, 0.2) is 0 Å². The number of quaternary nitrogens is 1. The molecule has 0 aliphatic heterocycles. The summed E-state index contributed by atoms with van der Waals surface area (Å²) in [5.74, 6) is -0.941. The first kappa shape index (κ1) is 11.4. The van der Waals surface area contributed by atoms with Crippen LogP contribution in [0.5, 0.6) is 0 Å². The molecule has 0 saturated heterocycles. The summed E-state index contributed by atoms with van der Waals surface area (Å²) in [5.41, 5.74) is 0. The van der Waals surface area contributed by atoms with E-state index in [2.05, 4.69) is 0 Å². The summed E-state index contributed by atoms with van der Waals surface area (Å²) in [5, 5.41) is 17.5. The topological polar surface area (TPSA) is 57.5 Å². The Bertz CT molecular complexity index is 151. The Hall–Kier alpha value is -0.610. The Balaban J connectivity index is 3.57. The molecule has 0 amide bonds. The molecule has 0 fully saturated rings. The van der Waals surface area contributed by atoms with E-state index in [-0.39, 0.29) is 6.42 Å². The fourth-order valence-electron chi connectivity index (χ4n) is 0.840. The van der Waals surface area contributed by atoms with Crippen molar-refractivity contribution in [2.75, 3.05) is 27.7 Å². The Morgan fingerprint density at radius 3 is 2.25 bits per heavy atom. The van der Waals surface area contributed by atoms with E-state index in [9.17, 15) is 9.90 Å². The van der Waals surface area contributed by atoms with Crippen molar-refractivity contribution >= 4 is 5.97 Å². The first-order valence-corrected chi connectivity index (χ1v) is 4.01. The van der Waals surface area contributed by atoms with Gasteiger partial charge in [0, 0.05) is 6.42 Å². The average Bonchev–Trinajstić information content (AvgIpc) is 1.80. The fraction of sp³-hybridized carbons (Fsp3) is 0.875. The van der Waals surface area contributed by atoms with Crippen molar-refractivity contribution < 1.29 is 19.5 Å². The quantitative estimate of drug-likeness (QED) is 0.458. The van der Waals surface area contributed by atoms with E-state index < -0.39 is 12.1 Å². The van der Waals surface area contributed by atoms with Gasteiger partial charge in [-0.2, -0.15) is 0 Å². The Labute approximate surface area is 73.0 Å². The highest BCUT2D eigenvalue weighted by Crippen LogP contribution is 2.01. The Morgan fingerprint density at radius 1 is 1.42 bits per heavy atom. The van der Waals surface area contributed by atoms with Crippen LogP contribution in [0.1, 0.15) is 12.8 Å². The third kappa shape index (κ3) is 7.50. The molecule has 2 N–H and O–H groups in total. The van der Waals surface area contributed by atoms with Gasteiger partial charge in [-0.15, -0.1) is 0 Å². The van der Waals surface area contributed by atoms with Crippen molar-refractivity contribution in [2.45, 2.75) is 18.9 Å². The van der Waals surface area contributed by atoms with Gasteiger partial charge in [-0.25, -0.2) is 0 Å². The zero-order chi connectivity index (χ0) is 9.78. The molecule has 0 bridgehead atoms. The van der Waals surface area contributed by atoms with Crippen LogP contribution in [0.3, 0.4) is 0 Å². The molecule has 0 spiro atoms. The van der Waals surface area contributed by atoms with Crippen LogP contribution < -0.4 is 0 Å². The fourth-order valence-corrected chi connectivity index (χ4v) is 0.840. The number of carbonyl (C=O) groups is 1. The highest BCUT2D eigenvalue weighted by atomic mass is 16.4. The van der Waals surface area contributed by atoms with Gasteiger partial charge in [-0.1, -0.05) is 0 Å². The zero-order valence-electron chi connectivity index (χ0n) is 7.95. The molecule has 1 unspecified atom stereocenters. The molecule has 0 aliphatic carbocycles. The lowest BCUT2D eigenvalue weighted by molar-refractivity contribution is -0.870. The molecule has 0 aromatic heterocycles. The smallest absolute Gasteiger partial charge is 0.305 e. The summed E-state index contributed by atoms with van der Waals surface area (Å²) in [4.78, 5) is 10.2. The SMILES string of the molecule is [13CH3][N+]([13CH3])([13CH3])CCC(O)CC(=O)O. The molecule has 0 aliphatic rings. The zero-order valence-corrected chi connectivity index (χ0v) is 7.95. The van der Waals surface area contributed by atoms with Crippen LogP contribution in [0.25, 0.3) is 0 Å². The number of aliphatic hydroxyl groups excluding tert-OH is 1. The molecule has 0 heterocycles. The first-order valence-electron chi connectivity index (χ1n) is 4.01. The maximum absolute atomic E-state index is 10.2. The molecule has 72 valence electrons. The van der Waals surface area contributed by atoms with Gasteiger partial charge in [-0.3, -0.25) is 4.79 Å². The van der Waals surface area contributed by atoms with E-state index >= 15 is 0 Å². The van der Waals surface area contributed by atoms with Gasteiger partial charge in [0.1, 0.15) is 0 Å². The number of hydrogen-bond acceptors (Lipinski definition) is 2. The predicted octanol–water partition coefficient (Wildman–Crippen LogP) is -0.0817. The second-order valence-electron chi connectivity index (χ2n) is 4.05. The summed E-state index contributed by atoms with van der Waals surface area (Å²) < 4.78 is 0.747. The van der Waals surface area contributed by atoms with Crippen molar-refractivity contribution in [2.24, 2.45) is 0 Å². The minimum atomic E-state index is -0.941. The lowest BCUT2D eigenvalue weighted by atomic mass is 10.2. The van der Waals surface area contributed by atoms with Crippen molar-refractivity contribution in [1.82, 2.24) is 0 Å². The van der Waals surface area contributed by atoms with Crippen LogP contribution in [0.15, 0.2) is 0 Å². The second-order valence-corrected chi connectivity index (χ2v) is 4.05. The Kier molecular flexibility index (Phi) is 4.20. The minimum absolute atomic E-state index is 0.153. The lowest BCUT2D eigenvalue weighted by Gasteiger charge is -2.24. The summed E-state index contributed by atoms with van der Waals surface area (Å²) in [7, 11) is 6.02. The van der Waals surface area contributed by atoms with E-state index in [4.69, 9.17) is 5.11 Å². The first-order chi connectivity index (χ1) is 5.31. The van der Waals surface area contributed by atoms with Gasteiger partial charge in [0.05, 0.1) is 40.2 Å². The number of carboxylic acid groups (broad SMARTS) is 1. The number of nitrogens with zero attached hydrogens (tertiary/aromatic N) is 1. The van der Waals surface area contributed by atoms with Crippen molar-refractivity contribution in [3.8, 4) is 0 Å². The maximum atomic E-state index is 10.2. The van der Waals surface area contributed by atoms with Crippen LogP contribution in [0.2, 0.25) is 0 Å². The third-order valence-electron chi connectivity index (χ3n) is 1.54. The van der Waals surface area contributed by atoms with Crippen molar-refractivity contribution in [3.05, 3.63) is 0 Å². The van der Waals surface area contributed by atoms with Crippen LogP contribution in [-0.2, 0) is 4.79 Å². The van der Waals surface area contributed by atoms with Crippen LogP contribution >= 0.6 is 0 Å². The van der Waals surface area contributed by atoms with Gasteiger partial charge in [0.2, 0.25) is 0 Å². The summed E-state index contributed by atoms with van der Waals surface area (Å²) in [6, 6.07) is 0. The predicted molar refractivity (Wildman–Crippen MR) is 45.8 cm³/mol. The van der Waals surface area contributed by atoms with Gasteiger partial charge in [0.25, 0.3) is 0 Å². The number of carboxylic acids is 1. The minimum Gasteiger partial charge on any atom is -0.481 e. The molecule has 0 aromatic carbocycles. The molecule has 0 radical (unpaired) electrons. The highest BCUT2D eigenvalue weighted by Gasteiger charge is 2.14. The molecule has 0 saturated carbocycles. The average molecular weight is 179 g/mol. The lowest BCUT2D eigenvalue weighted by Crippen LogP contribution is -2.37.